The molecule has 0 spiro atoms. The summed E-state index contributed by atoms with van der Waals surface area (Å²) in [6.45, 7) is 0. The summed E-state index contributed by atoms with van der Waals surface area (Å²) < 4.78 is 0. The van der Waals surface area contributed by atoms with E-state index in [1.807, 2.05) is 12.2 Å². The Balaban J connectivity index is 1.98. The number of hydrazine groups is 1. The molecule has 1 saturated carbocycles. The van der Waals surface area contributed by atoms with E-state index in [1.165, 1.54) is 0 Å². The number of amides is 1. The lowest BCUT2D eigenvalue weighted by Crippen LogP contribution is -2.32. The Morgan fingerprint density at radius 3 is 2.50 bits per heavy atom. The van der Waals surface area contributed by atoms with Crippen LogP contribution in [0.3, 0.4) is 0 Å². The molecule has 2 aliphatic carbocycles. The molecule has 4 nitrogen and oxygen atoms in total. The molecule has 4 N–H and O–H groups in total. The summed E-state index contributed by atoms with van der Waals surface area (Å²) in [5.74, 6) is 5.71. The second-order valence-electron chi connectivity index (χ2n) is 3.72. The van der Waals surface area contributed by atoms with Crippen molar-refractivity contribution < 1.29 is 4.79 Å². The van der Waals surface area contributed by atoms with Gasteiger partial charge < -0.3 is 10.7 Å². The van der Waals surface area contributed by atoms with Crippen LogP contribution in [0, 0.1) is 5.92 Å². The molecule has 2 aliphatic rings. The maximum atomic E-state index is 11.5. The van der Waals surface area contributed by atoms with Crippen LogP contribution in [-0.2, 0) is 4.79 Å². The van der Waals surface area contributed by atoms with E-state index in [0.29, 0.717) is 0 Å². The highest BCUT2D eigenvalue weighted by Gasteiger charge is 2.30. The Morgan fingerprint density at radius 2 is 1.93 bits per heavy atom. The van der Waals surface area contributed by atoms with Gasteiger partial charge in [0.05, 0.1) is 11.4 Å². The molecule has 1 amide bonds. The molecule has 0 aromatic carbocycles. The molecule has 0 aromatic rings. The zero-order chi connectivity index (χ0) is 9.97. The van der Waals surface area contributed by atoms with Gasteiger partial charge in [0.1, 0.15) is 0 Å². The first-order chi connectivity index (χ1) is 6.81. The lowest BCUT2D eigenvalue weighted by molar-refractivity contribution is -0.121. The summed E-state index contributed by atoms with van der Waals surface area (Å²) in [5, 5.41) is 2.89. The van der Waals surface area contributed by atoms with E-state index >= 15 is 0 Å². The number of hydrogen-bond acceptors (Lipinski definition) is 3. The number of carbonyl (C=O) groups excluding carboxylic acids is 1. The van der Waals surface area contributed by atoms with Crippen LogP contribution in [0.25, 0.3) is 0 Å². The SMILES string of the molecule is NNC1=CCCC=C1NC(=O)C1CC1. The Hall–Kier alpha value is -1.29. The van der Waals surface area contributed by atoms with Gasteiger partial charge in [-0.3, -0.25) is 10.6 Å². The van der Waals surface area contributed by atoms with Crippen LogP contribution >= 0.6 is 0 Å². The van der Waals surface area contributed by atoms with Crippen LogP contribution in [0.4, 0.5) is 0 Å². The van der Waals surface area contributed by atoms with Crippen LogP contribution in [0.5, 0.6) is 0 Å². The molecule has 0 aliphatic heterocycles. The van der Waals surface area contributed by atoms with E-state index in [1.54, 1.807) is 0 Å². The van der Waals surface area contributed by atoms with Gasteiger partial charge in [-0.25, -0.2) is 0 Å². The van der Waals surface area contributed by atoms with Gasteiger partial charge in [-0.2, -0.15) is 0 Å². The molecule has 4 heteroatoms. The van der Waals surface area contributed by atoms with Gasteiger partial charge in [0.15, 0.2) is 0 Å². The highest BCUT2D eigenvalue weighted by Crippen LogP contribution is 2.29. The van der Waals surface area contributed by atoms with Crippen molar-refractivity contribution in [3.05, 3.63) is 23.5 Å². The highest BCUT2D eigenvalue weighted by molar-refractivity contribution is 5.83. The fraction of sp³-hybridized carbons (Fsp3) is 0.500. The molecule has 0 atom stereocenters. The Bertz CT molecular complexity index is 302. The number of nitrogens with one attached hydrogen (secondary N) is 2. The zero-order valence-corrected chi connectivity index (χ0v) is 8.05. The fourth-order valence-corrected chi connectivity index (χ4v) is 1.51. The van der Waals surface area contributed by atoms with Crippen molar-refractivity contribution in [3.63, 3.8) is 0 Å². The molecule has 0 saturated heterocycles. The van der Waals surface area contributed by atoms with E-state index in [4.69, 9.17) is 5.84 Å². The summed E-state index contributed by atoms with van der Waals surface area (Å²) in [6, 6.07) is 0. The third-order valence-electron chi connectivity index (χ3n) is 2.52. The van der Waals surface area contributed by atoms with Gasteiger partial charge in [-0.1, -0.05) is 12.2 Å². The first-order valence-corrected chi connectivity index (χ1v) is 4.99. The Kier molecular flexibility index (Phi) is 2.54. The largest absolute Gasteiger partial charge is 0.324 e. The first-order valence-electron chi connectivity index (χ1n) is 4.99. The minimum atomic E-state index is 0.124. The van der Waals surface area contributed by atoms with Crippen LogP contribution in [0.15, 0.2) is 23.5 Å². The van der Waals surface area contributed by atoms with Gasteiger partial charge in [-0.05, 0) is 25.7 Å². The molecule has 0 radical (unpaired) electrons. The molecule has 76 valence electrons. The van der Waals surface area contributed by atoms with Crippen molar-refractivity contribution >= 4 is 5.91 Å². The number of rotatable bonds is 3. The molecule has 1 fully saturated rings. The van der Waals surface area contributed by atoms with Crippen LogP contribution in [0.1, 0.15) is 25.7 Å². The van der Waals surface area contributed by atoms with Crippen molar-refractivity contribution in [2.24, 2.45) is 11.8 Å². The smallest absolute Gasteiger partial charge is 0.227 e. The normalized spacial score (nSPS) is 20.9. The van der Waals surface area contributed by atoms with Crippen molar-refractivity contribution in [2.75, 3.05) is 0 Å². The molecule has 2 rings (SSSR count). The predicted molar refractivity (Wildman–Crippen MR) is 53.6 cm³/mol. The third-order valence-corrected chi connectivity index (χ3v) is 2.52. The lowest BCUT2D eigenvalue weighted by atomic mass is 10.1. The monoisotopic (exact) mass is 193 g/mol. The summed E-state index contributed by atoms with van der Waals surface area (Å²) in [6.07, 6.45) is 7.99. The average molecular weight is 193 g/mol. The Labute approximate surface area is 83.2 Å². The standard InChI is InChI=1S/C10H15N3O/c11-13-9-4-2-1-3-8(9)12-10(14)7-5-6-7/h3-4,7,13H,1-2,5-6,11H2,(H,12,14). The van der Waals surface area contributed by atoms with Gasteiger partial charge in [-0.15, -0.1) is 0 Å². The lowest BCUT2D eigenvalue weighted by Gasteiger charge is -2.16. The van der Waals surface area contributed by atoms with Crippen LogP contribution in [0.2, 0.25) is 0 Å². The second kappa shape index (κ2) is 3.84. The minimum Gasteiger partial charge on any atom is -0.324 e. The zero-order valence-electron chi connectivity index (χ0n) is 8.05. The fourth-order valence-electron chi connectivity index (χ4n) is 1.51. The minimum absolute atomic E-state index is 0.124. The van der Waals surface area contributed by atoms with Crippen molar-refractivity contribution in [1.29, 1.82) is 0 Å². The third kappa shape index (κ3) is 1.96. The summed E-state index contributed by atoms with van der Waals surface area (Å²) in [4.78, 5) is 11.5. The van der Waals surface area contributed by atoms with Gasteiger partial charge in [0, 0.05) is 5.92 Å². The van der Waals surface area contributed by atoms with Crippen molar-refractivity contribution in [3.8, 4) is 0 Å². The molecule has 14 heavy (non-hydrogen) atoms. The molecule has 0 aromatic heterocycles. The van der Waals surface area contributed by atoms with E-state index in [2.05, 4.69) is 10.7 Å². The van der Waals surface area contributed by atoms with Gasteiger partial charge in [0.2, 0.25) is 5.91 Å². The maximum absolute atomic E-state index is 11.5. The molecule has 0 unspecified atom stereocenters. The van der Waals surface area contributed by atoms with E-state index < -0.39 is 0 Å². The Morgan fingerprint density at radius 1 is 1.29 bits per heavy atom. The summed E-state index contributed by atoms with van der Waals surface area (Å²) in [5.41, 5.74) is 4.25. The van der Waals surface area contributed by atoms with E-state index in [9.17, 15) is 4.79 Å². The van der Waals surface area contributed by atoms with Crippen molar-refractivity contribution in [2.45, 2.75) is 25.7 Å². The quantitative estimate of drug-likeness (QED) is 0.452. The number of allylic oxidation sites excluding steroid dienone is 2. The summed E-state index contributed by atoms with van der Waals surface area (Å²) >= 11 is 0. The van der Waals surface area contributed by atoms with Gasteiger partial charge >= 0.3 is 0 Å². The molecular formula is C10H15N3O. The predicted octanol–water partition coefficient (Wildman–Crippen LogP) is 0.537. The topological polar surface area (TPSA) is 67.2 Å². The summed E-state index contributed by atoms with van der Waals surface area (Å²) in [7, 11) is 0. The number of carbonyl (C=O) groups is 1. The second-order valence-corrected chi connectivity index (χ2v) is 3.72. The van der Waals surface area contributed by atoms with Crippen molar-refractivity contribution in [1.82, 2.24) is 10.7 Å². The van der Waals surface area contributed by atoms with Gasteiger partial charge in [0.25, 0.3) is 0 Å². The van der Waals surface area contributed by atoms with E-state index in [0.717, 1.165) is 37.1 Å². The number of hydrogen-bond donors (Lipinski definition) is 3. The highest BCUT2D eigenvalue weighted by atomic mass is 16.2. The first kappa shape index (κ1) is 9.27. The van der Waals surface area contributed by atoms with E-state index in [-0.39, 0.29) is 11.8 Å². The van der Waals surface area contributed by atoms with Crippen LogP contribution < -0.4 is 16.6 Å². The van der Waals surface area contributed by atoms with Crippen LogP contribution in [-0.4, -0.2) is 5.91 Å². The molecule has 0 heterocycles. The molecular weight excluding hydrogens is 178 g/mol. The average Bonchev–Trinajstić information content (AvgIpc) is 3.02. The maximum Gasteiger partial charge on any atom is 0.227 e. The number of nitrogens with two attached hydrogens (primary N) is 1. The molecule has 0 bridgehead atoms.